The van der Waals surface area contributed by atoms with Crippen LogP contribution in [0.15, 0.2) is 84.9 Å². The van der Waals surface area contributed by atoms with Crippen LogP contribution in [0.4, 0.5) is 5.95 Å². The zero-order valence-corrected chi connectivity index (χ0v) is 19.6. The lowest BCUT2D eigenvalue weighted by atomic mass is 10.00. The van der Waals surface area contributed by atoms with Crippen LogP contribution in [0, 0.1) is 6.92 Å². The van der Waals surface area contributed by atoms with Gasteiger partial charge >= 0.3 is 0 Å². The van der Waals surface area contributed by atoms with Gasteiger partial charge in [0.05, 0.1) is 12.8 Å². The second-order valence-corrected chi connectivity index (χ2v) is 8.41. The Morgan fingerprint density at radius 2 is 1.83 bits per heavy atom. The Labute approximate surface area is 203 Å². The fourth-order valence-electron chi connectivity index (χ4n) is 4.16. The molecule has 0 saturated carbocycles. The number of ether oxygens (including phenoxy) is 1. The molecule has 1 atom stereocenters. The minimum atomic E-state index is -0.188. The number of carbonyl (C=O) groups is 1. The van der Waals surface area contributed by atoms with Crippen molar-refractivity contribution in [3.05, 3.63) is 107 Å². The molecule has 4 aromatic rings. The molecule has 0 fully saturated rings. The molecule has 8 heteroatoms. The molecule has 1 aliphatic rings. The molecule has 3 aromatic carbocycles. The number of aryl methyl sites for hydroxylation is 1. The van der Waals surface area contributed by atoms with Crippen molar-refractivity contribution in [2.75, 3.05) is 18.6 Å². The average molecular weight is 467 g/mol. The summed E-state index contributed by atoms with van der Waals surface area (Å²) < 4.78 is 7.03. The molecule has 1 unspecified atom stereocenters. The zero-order valence-electron chi connectivity index (χ0n) is 19.6. The van der Waals surface area contributed by atoms with E-state index in [1.54, 1.807) is 11.8 Å². The normalized spacial score (nSPS) is 14.7. The van der Waals surface area contributed by atoms with Gasteiger partial charge in [-0.1, -0.05) is 77.4 Å². The summed E-state index contributed by atoms with van der Waals surface area (Å²) in [7, 11) is 1.62. The molecule has 0 radical (unpaired) electrons. The largest absolute Gasteiger partial charge is 0.497 e. The van der Waals surface area contributed by atoms with Crippen molar-refractivity contribution in [2.24, 2.45) is 0 Å². The molecular formula is C27H26N6O2. The Kier molecular flexibility index (Phi) is 6.26. The lowest BCUT2D eigenvalue weighted by molar-refractivity contribution is -0.119. The second kappa shape index (κ2) is 9.80. The van der Waals surface area contributed by atoms with Gasteiger partial charge in [-0.25, -0.2) is 0 Å². The van der Waals surface area contributed by atoms with E-state index < -0.39 is 0 Å². The fraction of sp³-hybridized carbons (Fsp3) is 0.185. The number of methoxy groups -OCH3 is 1. The zero-order chi connectivity index (χ0) is 24.2. The van der Waals surface area contributed by atoms with Crippen LogP contribution in [0.1, 0.15) is 28.3 Å². The lowest BCUT2D eigenvalue weighted by Crippen LogP contribution is -2.39. The highest BCUT2D eigenvalue weighted by molar-refractivity contribution is 5.89. The van der Waals surface area contributed by atoms with E-state index in [0.717, 1.165) is 28.1 Å². The summed E-state index contributed by atoms with van der Waals surface area (Å²) in [6, 6.07) is 25.8. The summed E-state index contributed by atoms with van der Waals surface area (Å²) in [5, 5.41) is 15.5. The molecular weight excluding hydrogens is 440 g/mol. The highest BCUT2D eigenvalue weighted by Crippen LogP contribution is 2.36. The first-order valence-electron chi connectivity index (χ1n) is 11.4. The summed E-state index contributed by atoms with van der Waals surface area (Å²) >= 11 is 0. The van der Waals surface area contributed by atoms with E-state index in [0.29, 0.717) is 12.5 Å². The van der Waals surface area contributed by atoms with Gasteiger partial charge in [0.15, 0.2) is 0 Å². The monoisotopic (exact) mass is 466 g/mol. The van der Waals surface area contributed by atoms with Crippen LogP contribution in [-0.2, 0) is 11.3 Å². The van der Waals surface area contributed by atoms with Gasteiger partial charge in [-0.3, -0.25) is 9.69 Å². The Bertz CT molecular complexity index is 1350. The summed E-state index contributed by atoms with van der Waals surface area (Å²) in [5.41, 5.74) is 5.08. The summed E-state index contributed by atoms with van der Waals surface area (Å²) in [5.74, 6) is 1.13. The Hall–Kier alpha value is -4.46. The van der Waals surface area contributed by atoms with Crippen LogP contribution in [-0.4, -0.2) is 39.8 Å². The van der Waals surface area contributed by atoms with Crippen LogP contribution in [0.25, 0.3) is 5.70 Å². The summed E-state index contributed by atoms with van der Waals surface area (Å²) in [6.07, 6.45) is 2.11. The molecule has 1 aliphatic heterocycles. The van der Waals surface area contributed by atoms with Crippen molar-refractivity contribution in [3.8, 4) is 5.75 Å². The molecule has 1 amide bonds. The first-order chi connectivity index (χ1) is 17.1. The molecule has 35 heavy (non-hydrogen) atoms. The molecule has 1 N–H and O–H groups in total. The summed E-state index contributed by atoms with van der Waals surface area (Å²) in [6.45, 7) is 2.53. The Morgan fingerprint density at radius 3 is 2.60 bits per heavy atom. The van der Waals surface area contributed by atoms with Crippen molar-refractivity contribution in [1.82, 2.24) is 25.5 Å². The predicted octanol–water partition coefficient (Wildman–Crippen LogP) is 3.76. The van der Waals surface area contributed by atoms with Crippen LogP contribution < -0.4 is 15.0 Å². The summed E-state index contributed by atoms with van der Waals surface area (Å²) in [4.78, 5) is 14.9. The van der Waals surface area contributed by atoms with Gasteiger partial charge in [0, 0.05) is 6.54 Å². The standard InChI is InChI=1S/C27H26N6O2/c1-19-11-13-22(14-12-19)25-16-24(21-8-4-3-5-9-21)32(27-29-30-31-33(25)27)18-26(34)28-17-20-7-6-10-23(15-20)35-2/h3-16,25H,17-18H2,1-2H3,(H,28,34). The SMILES string of the molecule is COc1cccc(CNC(=O)CN2C(c3ccccc3)=CC(c3ccc(C)cc3)n3nnnc32)c1. The first-order valence-corrected chi connectivity index (χ1v) is 11.4. The third-order valence-corrected chi connectivity index (χ3v) is 6.00. The van der Waals surface area contributed by atoms with Crippen molar-refractivity contribution in [3.63, 3.8) is 0 Å². The number of amides is 1. The predicted molar refractivity (Wildman–Crippen MR) is 134 cm³/mol. The van der Waals surface area contributed by atoms with E-state index >= 15 is 0 Å². The van der Waals surface area contributed by atoms with Crippen molar-refractivity contribution in [2.45, 2.75) is 19.5 Å². The van der Waals surface area contributed by atoms with E-state index in [1.807, 2.05) is 59.5 Å². The average Bonchev–Trinajstić information content (AvgIpc) is 3.39. The third-order valence-electron chi connectivity index (χ3n) is 6.00. The quantitative estimate of drug-likeness (QED) is 0.447. The minimum absolute atomic E-state index is 0.0751. The van der Waals surface area contributed by atoms with Crippen LogP contribution in [0.3, 0.4) is 0 Å². The van der Waals surface area contributed by atoms with E-state index in [-0.39, 0.29) is 18.5 Å². The second-order valence-electron chi connectivity index (χ2n) is 8.41. The number of fused-ring (bicyclic) bond motifs is 1. The fourth-order valence-corrected chi connectivity index (χ4v) is 4.16. The van der Waals surface area contributed by atoms with Crippen LogP contribution in [0.5, 0.6) is 5.75 Å². The Balaban J connectivity index is 1.44. The molecule has 0 bridgehead atoms. The number of hydrogen-bond acceptors (Lipinski definition) is 6. The smallest absolute Gasteiger partial charge is 0.251 e. The molecule has 2 heterocycles. The van der Waals surface area contributed by atoms with Crippen molar-refractivity contribution in [1.29, 1.82) is 0 Å². The maximum absolute atomic E-state index is 13.0. The number of anilines is 1. The molecule has 8 nitrogen and oxygen atoms in total. The van der Waals surface area contributed by atoms with Gasteiger partial charge in [0.2, 0.25) is 5.91 Å². The van der Waals surface area contributed by atoms with Gasteiger partial charge < -0.3 is 10.1 Å². The van der Waals surface area contributed by atoms with Gasteiger partial charge in [-0.15, -0.1) is 0 Å². The first kappa shape index (κ1) is 22.3. The number of hydrogen-bond donors (Lipinski definition) is 1. The van der Waals surface area contributed by atoms with Gasteiger partial charge in [-0.05, 0) is 52.2 Å². The van der Waals surface area contributed by atoms with E-state index in [4.69, 9.17) is 4.74 Å². The number of rotatable bonds is 7. The highest BCUT2D eigenvalue weighted by atomic mass is 16.5. The third kappa shape index (κ3) is 4.77. The van der Waals surface area contributed by atoms with E-state index in [9.17, 15) is 4.79 Å². The number of aromatic nitrogens is 4. The molecule has 0 spiro atoms. The molecule has 1 aromatic heterocycles. The Morgan fingerprint density at radius 1 is 1.03 bits per heavy atom. The minimum Gasteiger partial charge on any atom is -0.497 e. The maximum atomic E-state index is 13.0. The number of nitrogens with zero attached hydrogens (tertiary/aromatic N) is 5. The number of benzene rings is 3. The van der Waals surface area contributed by atoms with E-state index in [1.165, 1.54) is 5.56 Å². The number of tetrazole rings is 1. The van der Waals surface area contributed by atoms with Crippen molar-refractivity contribution >= 4 is 17.6 Å². The molecule has 176 valence electrons. The molecule has 0 saturated heterocycles. The lowest BCUT2D eigenvalue weighted by Gasteiger charge is -2.32. The van der Waals surface area contributed by atoms with Gasteiger partial charge in [0.25, 0.3) is 5.95 Å². The molecule has 0 aliphatic carbocycles. The van der Waals surface area contributed by atoms with E-state index in [2.05, 4.69) is 58.1 Å². The number of carbonyl (C=O) groups excluding carboxylic acids is 1. The van der Waals surface area contributed by atoms with Crippen molar-refractivity contribution < 1.29 is 9.53 Å². The van der Waals surface area contributed by atoms with Gasteiger partial charge in [0.1, 0.15) is 18.3 Å². The van der Waals surface area contributed by atoms with Crippen LogP contribution >= 0.6 is 0 Å². The van der Waals surface area contributed by atoms with Crippen LogP contribution in [0.2, 0.25) is 0 Å². The highest BCUT2D eigenvalue weighted by Gasteiger charge is 2.31. The topological polar surface area (TPSA) is 85.2 Å². The van der Waals surface area contributed by atoms with Gasteiger partial charge in [-0.2, -0.15) is 4.68 Å². The number of nitrogens with one attached hydrogen (secondary N) is 1. The molecule has 5 rings (SSSR count). The maximum Gasteiger partial charge on any atom is 0.251 e. The number of allylic oxidation sites excluding steroid dienone is 1.